The van der Waals surface area contributed by atoms with Gasteiger partial charge in [-0.3, -0.25) is 0 Å². The lowest BCUT2D eigenvalue weighted by Gasteiger charge is -2.04. The molecule has 3 heteroatoms. The maximum Gasteiger partial charge on any atom is 0.122 e. The Labute approximate surface area is 70.3 Å². The highest BCUT2D eigenvalue weighted by molar-refractivity contribution is 7.14. The lowest BCUT2D eigenvalue weighted by Crippen LogP contribution is -1.91. The first-order chi connectivity index (χ1) is 5.25. The number of thiophene rings is 1. The van der Waals surface area contributed by atoms with E-state index in [2.05, 4.69) is 6.58 Å². The molecular formula is C8H11NOS. The molecule has 1 rings (SSSR count). The first kappa shape index (κ1) is 8.14. The Balaban J connectivity index is 2.76. The monoisotopic (exact) mass is 169 g/mol. The van der Waals surface area contributed by atoms with Gasteiger partial charge in [0, 0.05) is 0 Å². The molecule has 0 fully saturated rings. The van der Waals surface area contributed by atoms with Gasteiger partial charge in [0.2, 0.25) is 0 Å². The molecule has 0 unspecified atom stereocenters. The van der Waals surface area contributed by atoms with Crippen LogP contribution in [0.4, 0.5) is 5.00 Å². The van der Waals surface area contributed by atoms with Crippen LogP contribution in [0.5, 0.6) is 0 Å². The third-order valence-corrected chi connectivity index (χ3v) is 2.06. The van der Waals surface area contributed by atoms with E-state index in [1.54, 1.807) is 0 Å². The predicted molar refractivity (Wildman–Crippen MR) is 49.4 cm³/mol. The highest BCUT2D eigenvalue weighted by Crippen LogP contribution is 2.25. The van der Waals surface area contributed by atoms with Crippen molar-refractivity contribution in [2.45, 2.75) is 6.92 Å². The van der Waals surface area contributed by atoms with Crippen LogP contribution >= 0.6 is 11.3 Å². The molecule has 1 heterocycles. The number of hydrogen-bond acceptors (Lipinski definition) is 3. The van der Waals surface area contributed by atoms with E-state index < -0.39 is 0 Å². The van der Waals surface area contributed by atoms with Gasteiger partial charge in [-0.1, -0.05) is 6.58 Å². The van der Waals surface area contributed by atoms with E-state index in [0.29, 0.717) is 12.4 Å². The van der Waals surface area contributed by atoms with Crippen LogP contribution in [-0.2, 0) is 4.74 Å². The minimum Gasteiger partial charge on any atom is -0.494 e. The summed E-state index contributed by atoms with van der Waals surface area (Å²) in [5.41, 5.74) is 6.56. The van der Waals surface area contributed by atoms with Gasteiger partial charge in [-0.2, -0.15) is 0 Å². The molecule has 0 bridgehead atoms. The molecule has 0 aliphatic heterocycles. The molecule has 60 valence electrons. The fourth-order valence-corrected chi connectivity index (χ4v) is 1.46. The molecule has 1 aromatic heterocycles. The van der Waals surface area contributed by atoms with Crippen LogP contribution in [0.1, 0.15) is 12.5 Å². The average Bonchev–Trinajstić information content (AvgIpc) is 2.36. The summed E-state index contributed by atoms with van der Waals surface area (Å²) in [4.78, 5) is 0. The van der Waals surface area contributed by atoms with Gasteiger partial charge in [0.25, 0.3) is 0 Å². The summed E-state index contributed by atoms with van der Waals surface area (Å²) in [6, 6.07) is 1.91. The molecule has 1 aromatic rings. The minimum atomic E-state index is 0.633. The van der Waals surface area contributed by atoms with E-state index in [0.717, 1.165) is 10.6 Å². The lowest BCUT2D eigenvalue weighted by molar-refractivity contribution is 0.299. The number of ether oxygens (including phenoxy) is 1. The number of anilines is 1. The summed E-state index contributed by atoms with van der Waals surface area (Å²) >= 11 is 1.50. The Hall–Kier alpha value is -0.960. The first-order valence-corrected chi connectivity index (χ1v) is 4.28. The van der Waals surface area contributed by atoms with Crippen LogP contribution in [0, 0.1) is 0 Å². The Morgan fingerprint density at radius 1 is 1.82 bits per heavy atom. The van der Waals surface area contributed by atoms with Crippen LogP contribution in [-0.4, -0.2) is 6.61 Å². The smallest absolute Gasteiger partial charge is 0.122 e. The summed E-state index contributed by atoms with van der Waals surface area (Å²) in [7, 11) is 0. The minimum absolute atomic E-state index is 0.633. The van der Waals surface area contributed by atoms with Gasteiger partial charge in [0.05, 0.1) is 17.2 Å². The van der Waals surface area contributed by atoms with Crippen molar-refractivity contribution < 1.29 is 4.74 Å². The first-order valence-electron chi connectivity index (χ1n) is 3.40. The van der Waals surface area contributed by atoms with Crippen LogP contribution in [0.15, 0.2) is 18.0 Å². The summed E-state index contributed by atoms with van der Waals surface area (Å²) in [6.45, 7) is 6.31. The largest absolute Gasteiger partial charge is 0.494 e. The van der Waals surface area contributed by atoms with Gasteiger partial charge in [0.1, 0.15) is 5.76 Å². The molecule has 0 amide bonds. The topological polar surface area (TPSA) is 35.2 Å². The van der Waals surface area contributed by atoms with Gasteiger partial charge in [-0.05, 0) is 18.4 Å². The molecule has 0 spiro atoms. The number of nitrogen functional groups attached to an aromatic ring is 1. The summed E-state index contributed by atoms with van der Waals surface area (Å²) in [5.74, 6) is 0.659. The molecule has 2 nitrogen and oxygen atoms in total. The van der Waals surface area contributed by atoms with Crippen molar-refractivity contribution in [1.29, 1.82) is 0 Å². The Morgan fingerprint density at radius 3 is 3.00 bits per heavy atom. The van der Waals surface area contributed by atoms with Crippen molar-refractivity contribution in [2.75, 3.05) is 12.3 Å². The van der Waals surface area contributed by atoms with E-state index in [1.807, 2.05) is 18.4 Å². The molecule has 0 saturated heterocycles. The second-order valence-electron chi connectivity index (χ2n) is 2.05. The van der Waals surface area contributed by atoms with Crippen LogP contribution < -0.4 is 5.73 Å². The van der Waals surface area contributed by atoms with Crippen molar-refractivity contribution >= 4 is 22.1 Å². The summed E-state index contributed by atoms with van der Waals surface area (Å²) in [6.07, 6.45) is 0. The number of nitrogens with two attached hydrogens (primary N) is 1. The van der Waals surface area contributed by atoms with Crippen molar-refractivity contribution in [2.24, 2.45) is 0 Å². The van der Waals surface area contributed by atoms with E-state index >= 15 is 0 Å². The normalized spacial score (nSPS) is 9.55. The predicted octanol–water partition coefficient (Wildman–Crippen LogP) is 2.34. The Kier molecular flexibility index (Phi) is 2.54. The second kappa shape index (κ2) is 3.44. The van der Waals surface area contributed by atoms with E-state index in [1.165, 1.54) is 11.3 Å². The Bertz CT molecular complexity index is 254. The van der Waals surface area contributed by atoms with Gasteiger partial charge in [-0.15, -0.1) is 11.3 Å². The van der Waals surface area contributed by atoms with E-state index in [-0.39, 0.29) is 0 Å². The molecule has 0 radical (unpaired) electrons. The molecule has 0 saturated carbocycles. The third kappa shape index (κ3) is 1.74. The standard InChI is InChI=1S/C8H11NOS/c1-3-10-6(2)7-4-5-11-8(7)9/h4-5H,2-3,9H2,1H3. The van der Waals surface area contributed by atoms with Crippen molar-refractivity contribution in [3.05, 3.63) is 23.6 Å². The van der Waals surface area contributed by atoms with Crippen LogP contribution in [0.2, 0.25) is 0 Å². The molecule has 0 aliphatic rings. The van der Waals surface area contributed by atoms with Crippen molar-refractivity contribution in [3.8, 4) is 0 Å². The van der Waals surface area contributed by atoms with Crippen molar-refractivity contribution in [3.63, 3.8) is 0 Å². The molecule has 2 N–H and O–H groups in total. The maximum atomic E-state index is 5.65. The quantitative estimate of drug-likeness (QED) is 0.705. The van der Waals surface area contributed by atoms with Crippen LogP contribution in [0.25, 0.3) is 5.76 Å². The zero-order valence-corrected chi connectivity index (χ0v) is 7.28. The number of rotatable bonds is 3. The van der Waals surface area contributed by atoms with Gasteiger partial charge < -0.3 is 10.5 Å². The van der Waals surface area contributed by atoms with E-state index in [4.69, 9.17) is 10.5 Å². The summed E-state index contributed by atoms with van der Waals surface area (Å²) in [5, 5.41) is 2.69. The molecule has 0 aliphatic carbocycles. The van der Waals surface area contributed by atoms with Gasteiger partial charge in [-0.25, -0.2) is 0 Å². The fourth-order valence-electron chi connectivity index (χ4n) is 0.803. The summed E-state index contributed by atoms with van der Waals surface area (Å²) < 4.78 is 5.20. The SMILES string of the molecule is C=C(OCC)c1ccsc1N. The van der Waals surface area contributed by atoms with Gasteiger partial charge in [0.15, 0.2) is 0 Å². The fraction of sp³-hybridized carbons (Fsp3) is 0.250. The second-order valence-corrected chi connectivity index (χ2v) is 3.00. The molecule has 0 atom stereocenters. The highest BCUT2D eigenvalue weighted by Gasteiger charge is 2.03. The zero-order chi connectivity index (χ0) is 8.27. The van der Waals surface area contributed by atoms with Crippen molar-refractivity contribution in [1.82, 2.24) is 0 Å². The zero-order valence-electron chi connectivity index (χ0n) is 6.46. The Morgan fingerprint density at radius 2 is 2.55 bits per heavy atom. The molecule has 11 heavy (non-hydrogen) atoms. The highest BCUT2D eigenvalue weighted by atomic mass is 32.1. The third-order valence-electron chi connectivity index (χ3n) is 1.31. The average molecular weight is 169 g/mol. The van der Waals surface area contributed by atoms with Crippen LogP contribution in [0.3, 0.4) is 0 Å². The lowest BCUT2D eigenvalue weighted by atomic mass is 10.3. The van der Waals surface area contributed by atoms with E-state index in [9.17, 15) is 0 Å². The maximum absolute atomic E-state index is 5.65. The molecular weight excluding hydrogens is 158 g/mol. The number of hydrogen-bond donors (Lipinski definition) is 1. The molecule has 0 aromatic carbocycles. The van der Waals surface area contributed by atoms with Gasteiger partial charge >= 0.3 is 0 Å².